The van der Waals surface area contributed by atoms with E-state index in [1.165, 1.54) is 7.05 Å². The second kappa shape index (κ2) is 4.64. The summed E-state index contributed by atoms with van der Waals surface area (Å²) in [6, 6.07) is 0. The zero-order valence-corrected chi connectivity index (χ0v) is 7.53. The molecule has 0 aliphatic carbocycles. The van der Waals surface area contributed by atoms with Crippen LogP contribution in [0.15, 0.2) is 11.8 Å². The van der Waals surface area contributed by atoms with E-state index in [1.807, 2.05) is 0 Å². The third-order valence-electron chi connectivity index (χ3n) is 1.25. The van der Waals surface area contributed by atoms with Crippen molar-refractivity contribution in [2.45, 2.75) is 6.18 Å². The number of nitrogens with one attached hydrogen (secondary N) is 2. The summed E-state index contributed by atoms with van der Waals surface area (Å²) < 4.78 is 40.1. The van der Waals surface area contributed by atoms with E-state index >= 15 is 0 Å². The lowest BCUT2D eigenvalue weighted by atomic mass is 10.1. The van der Waals surface area contributed by atoms with Crippen molar-refractivity contribution in [3.63, 3.8) is 0 Å². The van der Waals surface area contributed by atoms with Crippen molar-refractivity contribution >= 4 is 11.7 Å². The van der Waals surface area contributed by atoms with Gasteiger partial charge in [0.05, 0.1) is 7.11 Å². The lowest BCUT2D eigenvalue weighted by Crippen LogP contribution is -2.29. The standard InChI is InChI=1S/C7H9F3N2O2/c1-12-3-4(6(13)14-2)5(11)7(8,9)10/h3,11-12H,1-2H3/b4-3+,11-5?. The Labute approximate surface area is 78.2 Å². The molecule has 4 nitrogen and oxygen atoms in total. The predicted molar refractivity (Wildman–Crippen MR) is 42.9 cm³/mol. The summed E-state index contributed by atoms with van der Waals surface area (Å²) in [4.78, 5) is 10.8. The van der Waals surface area contributed by atoms with Crippen LogP contribution in [0.25, 0.3) is 0 Å². The first kappa shape index (κ1) is 12.5. The smallest absolute Gasteiger partial charge is 0.433 e. The van der Waals surface area contributed by atoms with Crippen LogP contribution in [0.3, 0.4) is 0 Å². The molecule has 0 rings (SSSR count). The van der Waals surface area contributed by atoms with E-state index in [1.54, 1.807) is 0 Å². The Morgan fingerprint density at radius 2 is 2.00 bits per heavy atom. The minimum absolute atomic E-state index is 0.766. The third-order valence-corrected chi connectivity index (χ3v) is 1.25. The number of ether oxygens (including phenoxy) is 1. The zero-order chi connectivity index (χ0) is 11.4. The van der Waals surface area contributed by atoms with Gasteiger partial charge >= 0.3 is 12.1 Å². The molecule has 14 heavy (non-hydrogen) atoms. The molecule has 80 valence electrons. The van der Waals surface area contributed by atoms with E-state index < -0.39 is 23.4 Å². The highest BCUT2D eigenvalue weighted by molar-refractivity contribution is 6.20. The monoisotopic (exact) mass is 210 g/mol. The molecule has 0 saturated heterocycles. The molecule has 0 aromatic carbocycles. The molecule has 0 aliphatic rings. The van der Waals surface area contributed by atoms with Gasteiger partial charge in [-0.25, -0.2) is 4.79 Å². The Balaban J connectivity index is 4.96. The summed E-state index contributed by atoms with van der Waals surface area (Å²) in [6.45, 7) is 0. The first-order chi connectivity index (χ1) is 6.34. The largest absolute Gasteiger partial charge is 0.465 e. The summed E-state index contributed by atoms with van der Waals surface area (Å²) in [7, 11) is 2.25. The summed E-state index contributed by atoms with van der Waals surface area (Å²) in [5, 5.41) is 8.93. The highest BCUT2D eigenvalue weighted by Gasteiger charge is 2.39. The van der Waals surface area contributed by atoms with Crippen molar-refractivity contribution in [1.29, 1.82) is 5.41 Å². The maximum Gasteiger partial charge on any atom is 0.433 e. The van der Waals surface area contributed by atoms with Gasteiger partial charge in [-0.3, -0.25) is 5.41 Å². The number of hydrogen-bond donors (Lipinski definition) is 2. The van der Waals surface area contributed by atoms with Crippen molar-refractivity contribution in [3.05, 3.63) is 11.8 Å². The van der Waals surface area contributed by atoms with Gasteiger partial charge in [0.15, 0.2) is 5.71 Å². The van der Waals surface area contributed by atoms with Crippen molar-refractivity contribution in [3.8, 4) is 0 Å². The number of halogens is 3. The Morgan fingerprint density at radius 3 is 2.29 bits per heavy atom. The van der Waals surface area contributed by atoms with E-state index in [0.29, 0.717) is 0 Å². The van der Waals surface area contributed by atoms with Crippen LogP contribution in [0, 0.1) is 5.41 Å². The number of alkyl halides is 3. The Hall–Kier alpha value is -1.53. The van der Waals surface area contributed by atoms with Crippen molar-refractivity contribution in [2.24, 2.45) is 0 Å². The van der Waals surface area contributed by atoms with Crippen LogP contribution in [0.2, 0.25) is 0 Å². The first-order valence-electron chi connectivity index (χ1n) is 3.46. The molecule has 0 aromatic heterocycles. The van der Waals surface area contributed by atoms with E-state index in [0.717, 1.165) is 13.3 Å². The summed E-state index contributed by atoms with van der Waals surface area (Å²) in [6.07, 6.45) is -4.10. The van der Waals surface area contributed by atoms with Crippen LogP contribution in [0.4, 0.5) is 13.2 Å². The molecule has 0 fully saturated rings. The van der Waals surface area contributed by atoms with E-state index in [2.05, 4.69) is 10.1 Å². The van der Waals surface area contributed by atoms with Gasteiger partial charge in [0.2, 0.25) is 0 Å². The Kier molecular flexibility index (Phi) is 4.13. The molecule has 0 spiro atoms. The normalized spacial score (nSPS) is 12.2. The van der Waals surface area contributed by atoms with Gasteiger partial charge in [-0.05, 0) is 0 Å². The molecule has 0 bridgehead atoms. The van der Waals surface area contributed by atoms with E-state index in [-0.39, 0.29) is 0 Å². The van der Waals surface area contributed by atoms with Crippen molar-refractivity contribution < 1.29 is 22.7 Å². The maximum atomic E-state index is 12.0. The Morgan fingerprint density at radius 1 is 1.50 bits per heavy atom. The van der Waals surface area contributed by atoms with Gasteiger partial charge in [0, 0.05) is 13.2 Å². The number of carbonyl (C=O) groups is 1. The molecule has 0 saturated carbocycles. The van der Waals surface area contributed by atoms with Gasteiger partial charge in [-0.15, -0.1) is 0 Å². The topological polar surface area (TPSA) is 62.2 Å². The molecule has 2 N–H and O–H groups in total. The average Bonchev–Trinajstić information content (AvgIpc) is 2.10. The van der Waals surface area contributed by atoms with Crippen LogP contribution < -0.4 is 5.32 Å². The number of esters is 1. The molecule has 0 amide bonds. The molecule has 0 radical (unpaired) electrons. The number of rotatable bonds is 3. The molecule has 0 heterocycles. The molecule has 0 aromatic rings. The van der Waals surface area contributed by atoms with E-state index in [9.17, 15) is 18.0 Å². The fourth-order valence-corrected chi connectivity index (χ4v) is 0.640. The number of carbonyl (C=O) groups excluding carboxylic acids is 1. The van der Waals surface area contributed by atoms with Gasteiger partial charge in [-0.2, -0.15) is 13.2 Å². The first-order valence-corrected chi connectivity index (χ1v) is 3.46. The summed E-state index contributed by atoms with van der Waals surface area (Å²) in [5.74, 6) is -1.21. The second-order valence-corrected chi connectivity index (χ2v) is 2.21. The highest BCUT2D eigenvalue weighted by atomic mass is 19.4. The minimum Gasteiger partial charge on any atom is -0.465 e. The quantitative estimate of drug-likeness (QED) is 0.412. The number of methoxy groups -OCH3 is 1. The zero-order valence-electron chi connectivity index (χ0n) is 7.53. The van der Waals surface area contributed by atoms with Gasteiger partial charge in [-0.1, -0.05) is 0 Å². The molecule has 0 unspecified atom stereocenters. The average molecular weight is 210 g/mol. The second-order valence-electron chi connectivity index (χ2n) is 2.21. The molecular formula is C7H9F3N2O2. The maximum absolute atomic E-state index is 12.0. The fraction of sp³-hybridized carbons (Fsp3) is 0.429. The van der Waals surface area contributed by atoms with Crippen LogP contribution in [-0.4, -0.2) is 32.0 Å². The van der Waals surface area contributed by atoms with Gasteiger partial charge < -0.3 is 10.1 Å². The highest BCUT2D eigenvalue weighted by Crippen LogP contribution is 2.21. The third kappa shape index (κ3) is 3.08. The molecule has 0 atom stereocenters. The molecule has 0 aliphatic heterocycles. The van der Waals surface area contributed by atoms with Crippen LogP contribution >= 0.6 is 0 Å². The summed E-state index contributed by atoms with van der Waals surface area (Å²) >= 11 is 0. The fourth-order valence-electron chi connectivity index (χ4n) is 0.640. The van der Waals surface area contributed by atoms with E-state index in [4.69, 9.17) is 5.41 Å². The van der Waals surface area contributed by atoms with Gasteiger partial charge in [0.1, 0.15) is 5.57 Å². The van der Waals surface area contributed by atoms with Crippen molar-refractivity contribution in [2.75, 3.05) is 14.2 Å². The SMILES string of the molecule is CN/C=C(\C(=N)C(F)(F)F)C(=O)OC. The van der Waals surface area contributed by atoms with Crippen molar-refractivity contribution in [1.82, 2.24) is 5.32 Å². The summed E-state index contributed by atoms with van der Waals surface area (Å²) in [5.41, 5.74) is -2.60. The lowest BCUT2D eigenvalue weighted by Gasteiger charge is -2.10. The minimum atomic E-state index is -4.86. The molecule has 7 heteroatoms. The number of hydrogen-bond acceptors (Lipinski definition) is 4. The lowest BCUT2D eigenvalue weighted by molar-refractivity contribution is -0.136. The van der Waals surface area contributed by atoms with Gasteiger partial charge in [0.25, 0.3) is 0 Å². The predicted octanol–water partition coefficient (Wildman–Crippen LogP) is 0.845. The van der Waals surface area contributed by atoms with Crippen LogP contribution in [-0.2, 0) is 9.53 Å². The molecular weight excluding hydrogens is 201 g/mol. The Bertz CT molecular complexity index is 271. The van der Waals surface area contributed by atoms with Crippen LogP contribution in [0.1, 0.15) is 0 Å². The van der Waals surface area contributed by atoms with Crippen LogP contribution in [0.5, 0.6) is 0 Å².